The topological polar surface area (TPSA) is 66.6 Å². The molecule has 1 atom stereocenters. The first-order valence-electron chi connectivity index (χ1n) is 5.60. The molecule has 1 amide bonds. The lowest BCUT2D eigenvalue weighted by Gasteiger charge is -2.30. The fourth-order valence-electron chi connectivity index (χ4n) is 2.02. The van der Waals surface area contributed by atoms with Gasteiger partial charge in [0.25, 0.3) is 5.91 Å². The molecular formula is C12H15ClN2O2. The van der Waals surface area contributed by atoms with Gasteiger partial charge in [0.15, 0.2) is 0 Å². The van der Waals surface area contributed by atoms with Crippen LogP contribution in [-0.2, 0) is 0 Å². The van der Waals surface area contributed by atoms with Crippen LogP contribution < -0.4 is 5.73 Å². The summed E-state index contributed by atoms with van der Waals surface area (Å²) < 4.78 is 0. The minimum atomic E-state index is -0.437. The number of anilines is 1. The Hall–Kier alpha value is -1.26. The van der Waals surface area contributed by atoms with E-state index < -0.39 is 6.10 Å². The van der Waals surface area contributed by atoms with Crippen molar-refractivity contribution in [3.05, 3.63) is 28.8 Å². The second kappa shape index (κ2) is 4.94. The predicted octanol–water partition coefficient (Wildman–Crippen LogP) is 1.52. The number of likely N-dealkylation sites (tertiary alicyclic amines) is 1. The van der Waals surface area contributed by atoms with Crippen molar-refractivity contribution in [1.82, 2.24) is 4.90 Å². The lowest BCUT2D eigenvalue weighted by molar-refractivity contribution is 0.0474. The average molecular weight is 255 g/mol. The molecule has 92 valence electrons. The molecule has 1 fully saturated rings. The Bertz CT molecular complexity index is 437. The van der Waals surface area contributed by atoms with Crippen LogP contribution in [0.3, 0.4) is 0 Å². The molecule has 0 saturated carbocycles. The first-order valence-corrected chi connectivity index (χ1v) is 5.98. The van der Waals surface area contributed by atoms with Crippen molar-refractivity contribution in [3.63, 3.8) is 0 Å². The number of halogens is 1. The SMILES string of the molecule is Nc1ccc(Cl)c(C(=O)N2CCC[C@H](O)C2)c1. The number of nitrogens with two attached hydrogens (primary N) is 1. The van der Waals surface area contributed by atoms with Gasteiger partial charge in [0.2, 0.25) is 0 Å². The number of amides is 1. The lowest BCUT2D eigenvalue weighted by atomic mass is 10.1. The number of aliphatic hydroxyl groups is 1. The largest absolute Gasteiger partial charge is 0.399 e. The Morgan fingerprint density at radius 3 is 3.00 bits per heavy atom. The molecule has 1 aromatic rings. The molecule has 17 heavy (non-hydrogen) atoms. The molecule has 1 aliphatic heterocycles. The van der Waals surface area contributed by atoms with Gasteiger partial charge in [-0.05, 0) is 31.0 Å². The zero-order valence-electron chi connectivity index (χ0n) is 9.40. The summed E-state index contributed by atoms with van der Waals surface area (Å²) in [5, 5.41) is 9.94. The van der Waals surface area contributed by atoms with Crippen molar-refractivity contribution < 1.29 is 9.90 Å². The van der Waals surface area contributed by atoms with E-state index in [9.17, 15) is 9.90 Å². The van der Waals surface area contributed by atoms with E-state index in [1.807, 2.05) is 0 Å². The van der Waals surface area contributed by atoms with E-state index in [-0.39, 0.29) is 5.91 Å². The van der Waals surface area contributed by atoms with Crippen molar-refractivity contribution >= 4 is 23.2 Å². The molecule has 3 N–H and O–H groups in total. The van der Waals surface area contributed by atoms with Crippen LogP contribution in [0.4, 0.5) is 5.69 Å². The van der Waals surface area contributed by atoms with Crippen molar-refractivity contribution in [2.45, 2.75) is 18.9 Å². The van der Waals surface area contributed by atoms with E-state index >= 15 is 0 Å². The summed E-state index contributed by atoms with van der Waals surface area (Å²) in [5.41, 5.74) is 6.56. The molecule has 1 aromatic carbocycles. The summed E-state index contributed by atoms with van der Waals surface area (Å²) in [6.45, 7) is 1.02. The van der Waals surface area contributed by atoms with Crippen LogP contribution in [-0.4, -0.2) is 35.1 Å². The number of piperidine rings is 1. The number of benzene rings is 1. The zero-order valence-corrected chi connectivity index (χ0v) is 10.2. The smallest absolute Gasteiger partial charge is 0.255 e. The zero-order chi connectivity index (χ0) is 12.4. The van der Waals surface area contributed by atoms with Crippen molar-refractivity contribution in [2.75, 3.05) is 18.8 Å². The standard InChI is InChI=1S/C12H15ClN2O2/c13-11-4-3-8(14)6-10(11)12(17)15-5-1-2-9(16)7-15/h3-4,6,9,16H,1-2,5,7,14H2/t9-/m0/s1. The Kier molecular flexibility index (Phi) is 3.54. The van der Waals surface area contributed by atoms with Crippen LogP contribution in [0.5, 0.6) is 0 Å². The number of hydrogen-bond acceptors (Lipinski definition) is 3. The first-order chi connectivity index (χ1) is 8.08. The minimum absolute atomic E-state index is 0.166. The minimum Gasteiger partial charge on any atom is -0.399 e. The molecule has 1 heterocycles. The molecule has 1 saturated heterocycles. The molecule has 5 heteroatoms. The first kappa shape index (κ1) is 12.2. The molecule has 0 aromatic heterocycles. The summed E-state index contributed by atoms with van der Waals surface area (Å²) >= 11 is 5.98. The number of nitrogen functional groups attached to an aromatic ring is 1. The third-order valence-corrected chi connectivity index (χ3v) is 3.23. The van der Waals surface area contributed by atoms with E-state index in [0.29, 0.717) is 29.4 Å². The van der Waals surface area contributed by atoms with E-state index in [0.717, 1.165) is 12.8 Å². The maximum atomic E-state index is 12.2. The van der Waals surface area contributed by atoms with E-state index in [2.05, 4.69) is 0 Å². The van der Waals surface area contributed by atoms with E-state index in [1.165, 1.54) is 0 Å². The summed E-state index contributed by atoms with van der Waals surface area (Å²) in [5.74, 6) is -0.166. The third kappa shape index (κ3) is 2.70. The second-order valence-electron chi connectivity index (χ2n) is 4.29. The van der Waals surface area contributed by atoms with Gasteiger partial charge in [-0.15, -0.1) is 0 Å². The number of rotatable bonds is 1. The van der Waals surface area contributed by atoms with Gasteiger partial charge in [0, 0.05) is 18.8 Å². The van der Waals surface area contributed by atoms with Crippen LogP contribution in [0.15, 0.2) is 18.2 Å². The number of aliphatic hydroxyl groups excluding tert-OH is 1. The highest BCUT2D eigenvalue weighted by Crippen LogP contribution is 2.22. The van der Waals surface area contributed by atoms with Gasteiger partial charge in [-0.1, -0.05) is 11.6 Å². The van der Waals surface area contributed by atoms with Crippen LogP contribution in [0, 0.1) is 0 Å². The van der Waals surface area contributed by atoms with E-state index in [4.69, 9.17) is 17.3 Å². The van der Waals surface area contributed by atoms with Crippen LogP contribution in [0.1, 0.15) is 23.2 Å². The van der Waals surface area contributed by atoms with Gasteiger partial charge in [0.05, 0.1) is 16.7 Å². The van der Waals surface area contributed by atoms with Gasteiger partial charge >= 0.3 is 0 Å². The quantitative estimate of drug-likeness (QED) is 0.747. The van der Waals surface area contributed by atoms with Crippen LogP contribution in [0.25, 0.3) is 0 Å². The number of carbonyl (C=O) groups excluding carboxylic acids is 1. The Morgan fingerprint density at radius 1 is 1.53 bits per heavy atom. The lowest BCUT2D eigenvalue weighted by Crippen LogP contribution is -2.42. The maximum absolute atomic E-state index is 12.2. The monoisotopic (exact) mass is 254 g/mol. The maximum Gasteiger partial charge on any atom is 0.255 e. The molecule has 0 aliphatic carbocycles. The molecule has 1 aliphatic rings. The number of hydrogen-bond donors (Lipinski definition) is 2. The number of nitrogens with zero attached hydrogens (tertiary/aromatic N) is 1. The fraction of sp³-hybridized carbons (Fsp3) is 0.417. The second-order valence-corrected chi connectivity index (χ2v) is 4.69. The average Bonchev–Trinajstić information content (AvgIpc) is 2.31. The fourth-order valence-corrected chi connectivity index (χ4v) is 2.21. The molecule has 4 nitrogen and oxygen atoms in total. The van der Waals surface area contributed by atoms with Crippen LogP contribution in [0.2, 0.25) is 5.02 Å². The normalized spacial score (nSPS) is 20.4. The van der Waals surface area contributed by atoms with Gasteiger partial charge in [-0.3, -0.25) is 4.79 Å². The Balaban J connectivity index is 2.21. The van der Waals surface area contributed by atoms with Gasteiger partial charge in [0.1, 0.15) is 0 Å². The van der Waals surface area contributed by atoms with Crippen molar-refractivity contribution in [3.8, 4) is 0 Å². The molecule has 2 rings (SSSR count). The van der Waals surface area contributed by atoms with Gasteiger partial charge in [-0.25, -0.2) is 0 Å². The van der Waals surface area contributed by atoms with Crippen molar-refractivity contribution in [1.29, 1.82) is 0 Å². The highest BCUT2D eigenvalue weighted by molar-refractivity contribution is 6.34. The molecule has 0 radical (unpaired) electrons. The number of β-amino-alcohol motifs (C(OH)–C–C–N with tert-alkyl or cyclic N) is 1. The van der Waals surface area contributed by atoms with Crippen LogP contribution >= 0.6 is 11.6 Å². The third-order valence-electron chi connectivity index (χ3n) is 2.90. The summed E-state index contributed by atoms with van der Waals surface area (Å²) in [7, 11) is 0. The number of carbonyl (C=O) groups is 1. The highest BCUT2D eigenvalue weighted by atomic mass is 35.5. The molecule has 0 unspecified atom stereocenters. The summed E-state index contributed by atoms with van der Waals surface area (Å²) in [6, 6.07) is 4.85. The van der Waals surface area contributed by atoms with E-state index in [1.54, 1.807) is 23.1 Å². The molecule has 0 spiro atoms. The highest BCUT2D eigenvalue weighted by Gasteiger charge is 2.24. The Labute approximate surface area is 105 Å². The van der Waals surface area contributed by atoms with Gasteiger partial charge < -0.3 is 15.7 Å². The predicted molar refractivity (Wildman–Crippen MR) is 67.0 cm³/mol. The van der Waals surface area contributed by atoms with Gasteiger partial charge in [-0.2, -0.15) is 0 Å². The van der Waals surface area contributed by atoms with Crippen molar-refractivity contribution in [2.24, 2.45) is 0 Å². The Morgan fingerprint density at radius 2 is 2.29 bits per heavy atom. The summed E-state index contributed by atoms with van der Waals surface area (Å²) in [4.78, 5) is 13.8. The summed E-state index contributed by atoms with van der Waals surface area (Å²) in [6.07, 6.45) is 1.12. The molecular weight excluding hydrogens is 240 g/mol. The molecule has 0 bridgehead atoms.